The lowest BCUT2D eigenvalue weighted by molar-refractivity contribution is -0.438. The molecule has 1 amide bonds. The van der Waals surface area contributed by atoms with Crippen LogP contribution in [0.1, 0.15) is 32.8 Å². The summed E-state index contributed by atoms with van der Waals surface area (Å²) in [5, 5.41) is 0. The Morgan fingerprint density at radius 1 is 1.19 bits per heavy atom. The Hall–Kier alpha value is -1.18. The highest BCUT2D eigenvalue weighted by atomic mass is 32.2. The molecule has 26 heavy (non-hydrogen) atoms. The Balaban J connectivity index is 2.13. The molecule has 0 aromatic heterocycles. The molecule has 0 saturated heterocycles. The number of rotatable bonds is 8. The van der Waals surface area contributed by atoms with Crippen molar-refractivity contribution in [3.05, 3.63) is 40.3 Å². The maximum absolute atomic E-state index is 13.4. The lowest BCUT2D eigenvalue weighted by Gasteiger charge is -2.16. The van der Waals surface area contributed by atoms with Crippen molar-refractivity contribution in [2.45, 2.75) is 27.2 Å². The van der Waals surface area contributed by atoms with E-state index in [9.17, 15) is 13.6 Å². The van der Waals surface area contributed by atoms with Gasteiger partial charge in [0.2, 0.25) is 0 Å². The van der Waals surface area contributed by atoms with E-state index < -0.39 is 11.6 Å². The van der Waals surface area contributed by atoms with Crippen LogP contribution in [0.5, 0.6) is 0 Å². The summed E-state index contributed by atoms with van der Waals surface area (Å²) in [7, 11) is 0. The van der Waals surface area contributed by atoms with E-state index in [-0.39, 0.29) is 5.91 Å². The Morgan fingerprint density at radius 2 is 1.92 bits per heavy atom. The van der Waals surface area contributed by atoms with Crippen LogP contribution in [-0.2, 0) is 4.79 Å². The third kappa shape index (κ3) is 5.41. The summed E-state index contributed by atoms with van der Waals surface area (Å²) in [6.07, 6.45) is 2.54. The van der Waals surface area contributed by atoms with Crippen LogP contribution in [0.4, 0.5) is 8.78 Å². The third-order valence-corrected chi connectivity index (χ3v) is 6.40. The van der Waals surface area contributed by atoms with Crippen molar-refractivity contribution in [3.8, 4) is 0 Å². The van der Waals surface area contributed by atoms with Gasteiger partial charge in [-0.2, -0.15) is 0 Å². The van der Waals surface area contributed by atoms with E-state index in [0.717, 1.165) is 48.3 Å². The normalized spacial score (nSPS) is 16.4. The highest BCUT2D eigenvalue weighted by Crippen LogP contribution is 2.33. The molecule has 0 bridgehead atoms. The Bertz CT molecular complexity index is 715. The van der Waals surface area contributed by atoms with Crippen LogP contribution in [0.3, 0.4) is 0 Å². The van der Waals surface area contributed by atoms with Crippen molar-refractivity contribution in [2.75, 3.05) is 31.9 Å². The standard InChI is InChI=1S/C19H25F2N2OS2/c1-4-22(5-2)10-7-11-23-18(24)17(26-19(23)25-6-3)13-14-8-9-15(20)16(21)12-14/h8-9,12-13H,4-7,10-11H2,1-3H3/q+1/b17-13-. The predicted octanol–water partition coefficient (Wildman–Crippen LogP) is 4.43. The van der Waals surface area contributed by atoms with Crippen molar-refractivity contribution in [2.24, 2.45) is 0 Å². The molecular weight excluding hydrogens is 374 g/mol. The van der Waals surface area contributed by atoms with Crippen molar-refractivity contribution in [1.29, 1.82) is 0 Å². The molecule has 0 atom stereocenters. The number of hydrogen-bond donors (Lipinski definition) is 0. The summed E-state index contributed by atoms with van der Waals surface area (Å²) < 4.78 is 29.3. The van der Waals surface area contributed by atoms with E-state index in [4.69, 9.17) is 0 Å². The van der Waals surface area contributed by atoms with Crippen molar-refractivity contribution in [1.82, 2.24) is 4.90 Å². The van der Waals surface area contributed by atoms with Gasteiger partial charge in [-0.3, -0.25) is 0 Å². The first-order chi connectivity index (χ1) is 12.5. The van der Waals surface area contributed by atoms with Gasteiger partial charge in [-0.1, -0.05) is 26.8 Å². The van der Waals surface area contributed by atoms with Crippen LogP contribution in [0.15, 0.2) is 23.1 Å². The van der Waals surface area contributed by atoms with Crippen molar-refractivity contribution >= 4 is 39.9 Å². The molecular formula is C19H25F2N2OS2+. The summed E-state index contributed by atoms with van der Waals surface area (Å²) in [4.78, 5) is 15.7. The smallest absolute Gasteiger partial charge is 0.304 e. The molecule has 1 aromatic carbocycles. The van der Waals surface area contributed by atoms with Gasteiger partial charge < -0.3 is 4.90 Å². The van der Waals surface area contributed by atoms with Crippen LogP contribution in [0, 0.1) is 11.6 Å². The van der Waals surface area contributed by atoms with Crippen LogP contribution < -0.4 is 0 Å². The van der Waals surface area contributed by atoms with E-state index in [1.54, 1.807) is 17.8 Å². The van der Waals surface area contributed by atoms with Crippen molar-refractivity contribution < 1.29 is 18.2 Å². The summed E-state index contributed by atoms with van der Waals surface area (Å²) in [5.74, 6) is -0.974. The summed E-state index contributed by atoms with van der Waals surface area (Å²) in [6, 6.07) is 3.68. The second kappa shape index (κ2) is 10.2. The molecule has 0 unspecified atom stereocenters. The van der Waals surface area contributed by atoms with Gasteiger partial charge in [-0.15, -0.1) is 4.58 Å². The zero-order chi connectivity index (χ0) is 19.1. The first-order valence-corrected chi connectivity index (χ1v) is 10.7. The topological polar surface area (TPSA) is 23.3 Å². The number of halogens is 2. The van der Waals surface area contributed by atoms with Gasteiger partial charge in [0.25, 0.3) is 4.38 Å². The summed E-state index contributed by atoms with van der Waals surface area (Å²) in [6.45, 7) is 9.93. The molecule has 1 aromatic rings. The summed E-state index contributed by atoms with van der Waals surface area (Å²) >= 11 is 3.05. The number of thioether (sulfide) groups is 2. The fraction of sp³-hybridized carbons (Fsp3) is 0.474. The molecule has 1 aliphatic rings. The first-order valence-electron chi connectivity index (χ1n) is 8.88. The van der Waals surface area contributed by atoms with Gasteiger partial charge in [-0.25, -0.2) is 13.6 Å². The van der Waals surface area contributed by atoms with Gasteiger partial charge in [0.1, 0.15) is 4.91 Å². The molecule has 3 nitrogen and oxygen atoms in total. The molecule has 1 aliphatic heterocycles. The van der Waals surface area contributed by atoms with E-state index in [1.165, 1.54) is 17.8 Å². The van der Waals surface area contributed by atoms with E-state index in [0.29, 0.717) is 17.0 Å². The SMILES string of the molecule is CCSC1=[N+](CCCN(CC)CC)C(=O)/C(=C/c2ccc(F)c(F)c2)S1. The molecule has 1 heterocycles. The number of amides is 1. The lowest BCUT2D eigenvalue weighted by Crippen LogP contribution is -2.28. The highest BCUT2D eigenvalue weighted by molar-refractivity contribution is 8.40. The maximum Gasteiger partial charge on any atom is 0.427 e. The van der Waals surface area contributed by atoms with Gasteiger partial charge in [0.05, 0.1) is 0 Å². The zero-order valence-corrected chi connectivity index (χ0v) is 17.1. The van der Waals surface area contributed by atoms with Crippen LogP contribution in [0.2, 0.25) is 0 Å². The molecule has 0 N–H and O–H groups in total. The molecule has 7 heteroatoms. The fourth-order valence-electron chi connectivity index (χ4n) is 2.67. The minimum atomic E-state index is -0.905. The van der Waals surface area contributed by atoms with E-state index >= 15 is 0 Å². The Morgan fingerprint density at radius 3 is 2.54 bits per heavy atom. The largest absolute Gasteiger partial charge is 0.427 e. The molecule has 0 radical (unpaired) electrons. The van der Waals surface area contributed by atoms with Crippen LogP contribution in [-0.4, -0.2) is 51.7 Å². The Kier molecular flexibility index (Phi) is 8.31. The number of benzene rings is 1. The monoisotopic (exact) mass is 399 g/mol. The van der Waals surface area contributed by atoms with Gasteiger partial charge in [0, 0.05) is 18.7 Å². The molecule has 0 aliphatic carbocycles. The minimum absolute atomic E-state index is 0.0600. The molecule has 0 fully saturated rings. The van der Waals surface area contributed by atoms with Gasteiger partial charge in [-0.05, 0) is 60.4 Å². The quantitative estimate of drug-likeness (QED) is 0.476. The average molecular weight is 400 g/mol. The van der Waals surface area contributed by atoms with Crippen LogP contribution in [0.25, 0.3) is 6.08 Å². The molecule has 0 spiro atoms. The number of carbonyl (C=O) groups excluding carboxylic acids is 1. The Labute approximate surface area is 162 Å². The fourth-order valence-corrected chi connectivity index (χ4v) is 4.97. The third-order valence-electron chi connectivity index (χ3n) is 4.13. The first kappa shape index (κ1) is 21.1. The second-order valence-corrected chi connectivity index (χ2v) is 8.36. The molecule has 2 rings (SSSR count). The maximum atomic E-state index is 13.4. The van der Waals surface area contributed by atoms with E-state index in [2.05, 4.69) is 18.7 Å². The summed E-state index contributed by atoms with van der Waals surface area (Å²) in [5.41, 5.74) is 0.491. The number of nitrogens with zero attached hydrogens (tertiary/aromatic N) is 2. The van der Waals surface area contributed by atoms with Gasteiger partial charge >= 0.3 is 5.91 Å². The van der Waals surface area contributed by atoms with Gasteiger partial charge in [0.15, 0.2) is 18.2 Å². The highest BCUT2D eigenvalue weighted by Gasteiger charge is 2.37. The van der Waals surface area contributed by atoms with Crippen LogP contribution >= 0.6 is 23.5 Å². The van der Waals surface area contributed by atoms with Crippen molar-refractivity contribution in [3.63, 3.8) is 0 Å². The number of carbonyl (C=O) groups is 1. The molecule has 142 valence electrons. The average Bonchev–Trinajstić information content (AvgIpc) is 2.91. The van der Waals surface area contributed by atoms with E-state index in [1.807, 2.05) is 11.5 Å². The second-order valence-electron chi connectivity index (χ2n) is 5.82. The lowest BCUT2D eigenvalue weighted by atomic mass is 10.2. The zero-order valence-electron chi connectivity index (χ0n) is 15.4. The number of hydrogen-bond acceptors (Lipinski definition) is 4. The minimum Gasteiger partial charge on any atom is -0.304 e. The molecule has 0 saturated carbocycles. The predicted molar refractivity (Wildman–Crippen MR) is 108 cm³/mol.